The van der Waals surface area contributed by atoms with Crippen molar-refractivity contribution in [3.8, 4) is 44.5 Å². The van der Waals surface area contributed by atoms with Gasteiger partial charge in [0.2, 0.25) is 0 Å². The molecule has 1 nitrogen and oxygen atoms in total. The lowest BCUT2D eigenvalue weighted by Gasteiger charge is -2.20. The van der Waals surface area contributed by atoms with Gasteiger partial charge in [0.1, 0.15) is 11.2 Å². The lowest BCUT2D eigenvalue weighted by atomic mass is 9.83. The average molecular weight is 701 g/mol. The van der Waals surface area contributed by atoms with Crippen LogP contribution in [0, 0.1) is 13.8 Å². The second-order valence-electron chi connectivity index (χ2n) is 14.8. The van der Waals surface area contributed by atoms with Crippen LogP contribution in [0.4, 0.5) is 0 Å². The van der Waals surface area contributed by atoms with Crippen LogP contribution >= 0.6 is 0 Å². The van der Waals surface area contributed by atoms with Crippen LogP contribution < -0.4 is 0 Å². The van der Waals surface area contributed by atoms with Crippen LogP contribution in [0.2, 0.25) is 0 Å². The van der Waals surface area contributed by atoms with Crippen molar-refractivity contribution in [1.29, 1.82) is 0 Å². The van der Waals surface area contributed by atoms with Crippen molar-refractivity contribution in [3.63, 3.8) is 0 Å². The minimum Gasteiger partial charge on any atom is -0.456 e. The maximum absolute atomic E-state index is 6.71. The molecule has 1 heteroatoms. The standard InChI is InChI=1S/C54H36O/c1-33-16-14-17-34(2)49(33)54-43-26-12-10-24-41(43)52(42-25-11-13-27-44(42)54)45-28-15-29-48-53(45)46-32-36(30-31-47(46)55-48)51-39-22-8-6-20-37(39)50(35-18-4-3-5-19-35)38-21-7-9-23-40(38)51/h3-32H,1-2H3. The summed E-state index contributed by atoms with van der Waals surface area (Å²) in [7, 11) is 0. The molecule has 0 saturated carbocycles. The smallest absolute Gasteiger partial charge is 0.136 e. The first-order valence-corrected chi connectivity index (χ1v) is 19.1. The Morgan fingerprint density at radius 1 is 0.291 bits per heavy atom. The topological polar surface area (TPSA) is 13.1 Å². The number of rotatable bonds is 4. The highest BCUT2D eigenvalue weighted by Gasteiger charge is 2.23. The fourth-order valence-corrected chi connectivity index (χ4v) is 9.44. The predicted octanol–water partition coefficient (Wildman–Crippen LogP) is 15.5. The van der Waals surface area contributed by atoms with Gasteiger partial charge in [0.25, 0.3) is 0 Å². The summed E-state index contributed by atoms with van der Waals surface area (Å²) in [6.07, 6.45) is 0. The largest absolute Gasteiger partial charge is 0.456 e. The third-order valence-electron chi connectivity index (χ3n) is 11.7. The zero-order chi connectivity index (χ0) is 36.6. The number of furan rings is 1. The molecule has 11 rings (SSSR count). The molecule has 0 amide bonds. The third kappa shape index (κ3) is 4.73. The van der Waals surface area contributed by atoms with Crippen molar-refractivity contribution >= 4 is 65.0 Å². The molecule has 0 spiro atoms. The highest BCUT2D eigenvalue weighted by atomic mass is 16.3. The highest BCUT2D eigenvalue weighted by molar-refractivity contribution is 6.27. The molecule has 0 aliphatic carbocycles. The molecule has 11 aromatic rings. The van der Waals surface area contributed by atoms with Gasteiger partial charge in [0.05, 0.1) is 0 Å². The molecule has 0 fully saturated rings. The Morgan fingerprint density at radius 2 is 0.745 bits per heavy atom. The summed E-state index contributed by atoms with van der Waals surface area (Å²) in [5.74, 6) is 0. The first kappa shape index (κ1) is 31.6. The van der Waals surface area contributed by atoms with Crippen LogP contribution in [0.1, 0.15) is 11.1 Å². The lowest BCUT2D eigenvalue weighted by Crippen LogP contribution is -1.94. The van der Waals surface area contributed by atoms with Crippen molar-refractivity contribution in [1.82, 2.24) is 0 Å². The van der Waals surface area contributed by atoms with Gasteiger partial charge in [-0.3, -0.25) is 0 Å². The van der Waals surface area contributed by atoms with Crippen molar-refractivity contribution in [2.75, 3.05) is 0 Å². The van der Waals surface area contributed by atoms with Crippen molar-refractivity contribution in [3.05, 3.63) is 193 Å². The summed E-state index contributed by atoms with van der Waals surface area (Å²) in [6.45, 7) is 4.47. The molecule has 0 atom stereocenters. The van der Waals surface area contributed by atoms with E-state index in [9.17, 15) is 0 Å². The van der Waals surface area contributed by atoms with Crippen LogP contribution in [0.15, 0.2) is 186 Å². The van der Waals surface area contributed by atoms with Crippen LogP contribution in [0.3, 0.4) is 0 Å². The maximum atomic E-state index is 6.71. The van der Waals surface area contributed by atoms with Gasteiger partial charge in [-0.25, -0.2) is 0 Å². The number of benzene rings is 10. The Morgan fingerprint density at radius 3 is 1.29 bits per heavy atom. The van der Waals surface area contributed by atoms with Gasteiger partial charge in [-0.1, -0.05) is 164 Å². The van der Waals surface area contributed by atoms with Crippen LogP contribution in [0.5, 0.6) is 0 Å². The number of fused-ring (bicyclic) bond motifs is 7. The van der Waals surface area contributed by atoms with E-state index in [2.05, 4.69) is 196 Å². The van der Waals surface area contributed by atoms with Crippen molar-refractivity contribution in [2.24, 2.45) is 0 Å². The molecule has 0 N–H and O–H groups in total. The Labute approximate surface area is 319 Å². The molecular weight excluding hydrogens is 665 g/mol. The van der Waals surface area contributed by atoms with Gasteiger partial charge in [0, 0.05) is 10.8 Å². The molecule has 0 bridgehead atoms. The van der Waals surface area contributed by atoms with E-state index in [1.165, 1.54) is 98.7 Å². The lowest BCUT2D eigenvalue weighted by molar-refractivity contribution is 0.669. The molecule has 1 heterocycles. The quantitative estimate of drug-likeness (QED) is 0.167. The van der Waals surface area contributed by atoms with Crippen LogP contribution in [-0.4, -0.2) is 0 Å². The van der Waals surface area contributed by atoms with Crippen LogP contribution in [0.25, 0.3) is 110 Å². The first-order valence-electron chi connectivity index (χ1n) is 19.1. The average Bonchev–Trinajstić information content (AvgIpc) is 3.61. The van der Waals surface area contributed by atoms with Crippen molar-refractivity contribution < 1.29 is 4.42 Å². The second kappa shape index (κ2) is 12.3. The molecule has 10 aromatic carbocycles. The monoisotopic (exact) mass is 700 g/mol. The zero-order valence-electron chi connectivity index (χ0n) is 30.7. The number of aryl methyl sites for hydroxylation is 2. The maximum Gasteiger partial charge on any atom is 0.136 e. The van der Waals surface area contributed by atoms with E-state index in [0.29, 0.717) is 0 Å². The molecule has 258 valence electrons. The fraction of sp³-hybridized carbons (Fsp3) is 0.0370. The van der Waals surface area contributed by atoms with E-state index in [1.807, 2.05) is 0 Å². The number of hydrogen-bond donors (Lipinski definition) is 0. The normalized spacial score (nSPS) is 11.8. The van der Waals surface area contributed by atoms with Gasteiger partial charge >= 0.3 is 0 Å². The molecule has 0 unspecified atom stereocenters. The summed E-state index contributed by atoms with van der Waals surface area (Å²) in [5, 5.41) is 12.3. The SMILES string of the molecule is Cc1cccc(C)c1-c1c2ccccc2c(-c2cccc3oc4ccc(-c5c6ccccc6c(-c6ccccc6)c6ccccc56)cc4c23)c2ccccc12. The summed E-state index contributed by atoms with van der Waals surface area (Å²) in [5.41, 5.74) is 14.3. The first-order chi connectivity index (χ1) is 27.2. The van der Waals surface area contributed by atoms with E-state index in [-0.39, 0.29) is 0 Å². The summed E-state index contributed by atoms with van der Waals surface area (Å²) < 4.78 is 6.71. The van der Waals surface area contributed by atoms with Gasteiger partial charge in [-0.15, -0.1) is 0 Å². The summed E-state index contributed by atoms with van der Waals surface area (Å²) >= 11 is 0. The molecule has 1 aromatic heterocycles. The van der Waals surface area contributed by atoms with E-state index < -0.39 is 0 Å². The van der Waals surface area contributed by atoms with E-state index in [0.717, 1.165) is 21.9 Å². The van der Waals surface area contributed by atoms with E-state index >= 15 is 0 Å². The minimum absolute atomic E-state index is 0.890. The molecule has 55 heavy (non-hydrogen) atoms. The van der Waals surface area contributed by atoms with Gasteiger partial charge in [0.15, 0.2) is 0 Å². The predicted molar refractivity (Wildman–Crippen MR) is 235 cm³/mol. The molecular formula is C54H36O. The molecule has 0 radical (unpaired) electrons. The molecule has 0 saturated heterocycles. The summed E-state index contributed by atoms with van der Waals surface area (Å²) in [6, 6.07) is 66.4. The fourth-order valence-electron chi connectivity index (χ4n) is 9.44. The Kier molecular flexibility index (Phi) is 7.06. The van der Waals surface area contributed by atoms with Gasteiger partial charge in [-0.2, -0.15) is 0 Å². The van der Waals surface area contributed by atoms with Gasteiger partial charge in [-0.05, 0) is 131 Å². The highest BCUT2D eigenvalue weighted by Crippen LogP contribution is 2.49. The summed E-state index contributed by atoms with van der Waals surface area (Å²) in [4.78, 5) is 0. The second-order valence-corrected chi connectivity index (χ2v) is 14.8. The minimum atomic E-state index is 0.890. The van der Waals surface area contributed by atoms with Gasteiger partial charge < -0.3 is 4.42 Å². The van der Waals surface area contributed by atoms with E-state index in [4.69, 9.17) is 4.42 Å². The van der Waals surface area contributed by atoms with E-state index in [1.54, 1.807) is 0 Å². The Hall–Kier alpha value is -6.96. The van der Waals surface area contributed by atoms with Crippen molar-refractivity contribution in [2.45, 2.75) is 13.8 Å². The number of hydrogen-bond acceptors (Lipinski definition) is 1. The van der Waals surface area contributed by atoms with Crippen LogP contribution in [-0.2, 0) is 0 Å². The molecule has 0 aliphatic heterocycles. The molecule has 0 aliphatic rings. The zero-order valence-corrected chi connectivity index (χ0v) is 30.7. The Bertz CT molecular complexity index is 3190. The Balaban J connectivity index is 1.23. The third-order valence-corrected chi connectivity index (χ3v) is 11.7.